The van der Waals surface area contributed by atoms with Crippen molar-refractivity contribution in [2.45, 2.75) is 6.42 Å². The van der Waals surface area contributed by atoms with Crippen LogP contribution in [0.5, 0.6) is 0 Å². The molecule has 0 saturated carbocycles. The van der Waals surface area contributed by atoms with Crippen molar-refractivity contribution in [2.24, 2.45) is 0 Å². The molecule has 0 spiro atoms. The number of hydrogen-bond donors (Lipinski definition) is 1. The maximum atomic E-state index is 13.0. The van der Waals surface area contributed by atoms with Gasteiger partial charge in [0.05, 0.1) is 15.0 Å². The number of carbonyl (C=O) groups excluding carboxylic acids is 2. The van der Waals surface area contributed by atoms with E-state index < -0.39 is 0 Å². The molecule has 1 saturated heterocycles. The van der Waals surface area contributed by atoms with E-state index in [0.717, 1.165) is 11.8 Å². The summed E-state index contributed by atoms with van der Waals surface area (Å²) in [6.45, 7) is 0.151. The molecule has 28 heavy (non-hydrogen) atoms. The van der Waals surface area contributed by atoms with Gasteiger partial charge in [-0.1, -0.05) is 59.3 Å². The summed E-state index contributed by atoms with van der Waals surface area (Å²) in [5.74, 6) is -0.908. The van der Waals surface area contributed by atoms with Crippen molar-refractivity contribution >= 4 is 75.1 Å². The average Bonchev–Trinajstić information content (AvgIpc) is 2.91. The van der Waals surface area contributed by atoms with Crippen LogP contribution in [0.1, 0.15) is 12.0 Å². The molecule has 0 aliphatic carbocycles. The van der Waals surface area contributed by atoms with Gasteiger partial charge in [-0.15, -0.1) is 0 Å². The Morgan fingerprint density at radius 1 is 1.18 bits per heavy atom. The lowest BCUT2D eigenvalue weighted by Gasteiger charge is -2.14. The van der Waals surface area contributed by atoms with Crippen molar-refractivity contribution in [2.75, 3.05) is 11.9 Å². The van der Waals surface area contributed by atoms with E-state index in [2.05, 4.69) is 5.32 Å². The smallest absolute Gasteiger partial charge is 0.266 e. The number of amides is 2. The first-order valence-electron chi connectivity index (χ1n) is 8.09. The van der Waals surface area contributed by atoms with Crippen molar-refractivity contribution in [3.8, 4) is 0 Å². The first-order valence-corrected chi connectivity index (χ1v) is 10.1. The number of thiocarbonyl (C=S) groups is 1. The van der Waals surface area contributed by atoms with Gasteiger partial charge in [0.25, 0.3) is 5.91 Å². The highest BCUT2D eigenvalue weighted by molar-refractivity contribution is 8.26. The van der Waals surface area contributed by atoms with E-state index in [1.165, 1.54) is 17.0 Å². The number of carbonyl (C=O) groups is 2. The Kier molecular flexibility index (Phi) is 6.72. The molecule has 4 nitrogen and oxygen atoms in total. The van der Waals surface area contributed by atoms with Gasteiger partial charge in [0.15, 0.2) is 0 Å². The number of halogens is 3. The standard InChI is InChI=1S/C19H13Cl2FN2O2S2/c20-14-6-5-13(10-15(14)21)23-17(25)7-8-24-18(26)16(28-19(24)27)9-11-1-3-12(22)4-2-11/h1-6,9-10H,7-8H2,(H,23,25). The SMILES string of the molecule is O=C(CCN1C(=O)C(=Cc2ccc(F)cc2)SC1=S)Nc1ccc(Cl)c(Cl)c1. The minimum atomic E-state index is -0.349. The molecule has 2 aromatic carbocycles. The molecule has 1 aliphatic rings. The number of benzene rings is 2. The van der Waals surface area contributed by atoms with Crippen molar-refractivity contribution in [3.05, 3.63) is 68.8 Å². The number of rotatable bonds is 5. The molecule has 1 aliphatic heterocycles. The molecule has 0 radical (unpaired) electrons. The van der Waals surface area contributed by atoms with Gasteiger partial charge >= 0.3 is 0 Å². The molecule has 1 N–H and O–H groups in total. The molecule has 2 aromatic rings. The van der Waals surface area contributed by atoms with E-state index in [1.54, 1.807) is 36.4 Å². The number of thioether (sulfide) groups is 1. The molecule has 3 rings (SSSR count). The molecule has 9 heteroatoms. The monoisotopic (exact) mass is 454 g/mol. The fourth-order valence-corrected chi connectivity index (χ4v) is 4.02. The van der Waals surface area contributed by atoms with Crippen LogP contribution in [0.25, 0.3) is 6.08 Å². The third-order valence-corrected chi connectivity index (χ3v) is 5.92. The Morgan fingerprint density at radius 2 is 1.89 bits per heavy atom. The van der Waals surface area contributed by atoms with Crippen LogP contribution in [0.4, 0.5) is 10.1 Å². The molecule has 0 unspecified atom stereocenters. The van der Waals surface area contributed by atoms with Crippen molar-refractivity contribution < 1.29 is 14.0 Å². The van der Waals surface area contributed by atoms with Gasteiger partial charge in [0.1, 0.15) is 10.1 Å². The van der Waals surface area contributed by atoms with Gasteiger partial charge in [0.2, 0.25) is 5.91 Å². The van der Waals surface area contributed by atoms with Crippen molar-refractivity contribution in [3.63, 3.8) is 0 Å². The zero-order valence-corrected chi connectivity index (χ0v) is 17.4. The molecule has 0 aromatic heterocycles. The van der Waals surface area contributed by atoms with Gasteiger partial charge in [-0.05, 0) is 42.0 Å². The van der Waals surface area contributed by atoms with Gasteiger partial charge in [-0.25, -0.2) is 4.39 Å². The van der Waals surface area contributed by atoms with E-state index in [9.17, 15) is 14.0 Å². The number of nitrogens with one attached hydrogen (secondary N) is 1. The fourth-order valence-electron chi connectivity index (χ4n) is 2.41. The Morgan fingerprint density at radius 3 is 2.57 bits per heavy atom. The Balaban J connectivity index is 1.60. The van der Waals surface area contributed by atoms with E-state index in [-0.39, 0.29) is 30.6 Å². The summed E-state index contributed by atoms with van der Waals surface area (Å²) in [6.07, 6.45) is 1.71. The van der Waals surface area contributed by atoms with Crippen LogP contribution >= 0.6 is 47.2 Å². The molecular weight excluding hydrogens is 442 g/mol. The fraction of sp³-hybridized carbons (Fsp3) is 0.105. The van der Waals surface area contributed by atoms with Gasteiger partial charge in [-0.2, -0.15) is 0 Å². The second-order valence-corrected chi connectivity index (χ2v) is 8.30. The molecule has 1 fully saturated rings. The highest BCUT2D eigenvalue weighted by Gasteiger charge is 2.32. The first kappa shape index (κ1) is 20.8. The lowest BCUT2D eigenvalue weighted by Crippen LogP contribution is -2.31. The topological polar surface area (TPSA) is 49.4 Å². The number of nitrogens with zero attached hydrogens (tertiary/aromatic N) is 1. The lowest BCUT2D eigenvalue weighted by atomic mass is 10.2. The summed E-state index contributed by atoms with van der Waals surface area (Å²) in [5, 5.41) is 3.43. The molecular formula is C19H13Cl2FN2O2S2. The van der Waals surface area contributed by atoms with E-state index >= 15 is 0 Å². The Hall–Kier alpha value is -1.93. The van der Waals surface area contributed by atoms with Crippen LogP contribution in [0.15, 0.2) is 47.4 Å². The lowest BCUT2D eigenvalue weighted by molar-refractivity contribution is -0.122. The maximum Gasteiger partial charge on any atom is 0.266 e. The molecule has 2 amide bonds. The van der Waals surface area contributed by atoms with Gasteiger partial charge in [0, 0.05) is 18.7 Å². The number of anilines is 1. The number of hydrogen-bond acceptors (Lipinski definition) is 4. The second-order valence-electron chi connectivity index (χ2n) is 5.81. The summed E-state index contributed by atoms with van der Waals surface area (Å²) in [7, 11) is 0. The molecule has 1 heterocycles. The highest BCUT2D eigenvalue weighted by atomic mass is 35.5. The van der Waals surface area contributed by atoms with Crippen LogP contribution in [0.2, 0.25) is 10.0 Å². The molecule has 0 atom stereocenters. The molecule has 0 bridgehead atoms. The van der Waals surface area contributed by atoms with Gasteiger partial charge < -0.3 is 5.32 Å². The van der Waals surface area contributed by atoms with Crippen molar-refractivity contribution in [1.29, 1.82) is 0 Å². The van der Waals surface area contributed by atoms with E-state index in [4.69, 9.17) is 35.4 Å². The highest BCUT2D eigenvalue weighted by Crippen LogP contribution is 2.32. The summed E-state index contributed by atoms with van der Waals surface area (Å²) in [5.41, 5.74) is 1.21. The first-order chi connectivity index (χ1) is 13.3. The predicted molar refractivity (Wildman–Crippen MR) is 116 cm³/mol. The Labute approximate surface area is 180 Å². The van der Waals surface area contributed by atoms with E-state index in [1.807, 2.05) is 0 Å². The summed E-state index contributed by atoms with van der Waals surface area (Å²) < 4.78 is 13.4. The predicted octanol–water partition coefficient (Wildman–Crippen LogP) is 5.36. The van der Waals surface area contributed by atoms with Crippen molar-refractivity contribution in [1.82, 2.24) is 4.90 Å². The van der Waals surface area contributed by atoms with Crippen LogP contribution in [-0.2, 0) is 9.59 Å². The van der Waals surface area contributed by atoms with Gasteiger partial charge in [-0.3, -0.25) is 14.5 Å². The normalized spacial score (nSPS) is 15.4. The zero-order valence-electron chi connectivity index (χ0n) is 14.2. The summed E-state index contributed by atoms with van der Waals surface area (Å²) >= 11 is 18.2. The Bertz CT molecular complexity index is 980. The summed E-state index contributed by atoms with van der Waals surface area (Å²) in [4.78, 5) is 26.5. The quantitative estimate of drug-likeness (QED) is 0.487. The second kappa shape index (κ2) is 9.05. The minimum Gasteiger partial charge on any atom is -0.326 e. The minimum absolute atomic E-state index is 0.0660. The van der Waals surface area contributed by atoms with Crippen LogP contribution in [-0.4, -0.2) is 27.6 Å². The maximum absolute atomic E-state index is 13.0. The third-order valence-electron chi connectivity index (χ3n) is 3.81. The summed E-state index contributed by atoms with van der Waals surface area (Å²) in [6, 6.07) is 10.6. The van der Waals surface area contributed by atoms with E-state index in [0.29, 0.717) is 30.5 Å². The largest absolute Gasteiger partial charge is 0.326 e. The zero-order chi connectivity index (χ0) is 20.3. The van der Waals surface area contributed by atoms with Crippen LogP contribution in [0.3, 0.4) is 0 Å². The average molecular weight is 455 g/mol. The third kappa shape index (κ3) is 5.11. The van der Waals surface area contributed by atoms with Crippen LogP contribution < -0.4 is 5.32 Å². The van der Waals surface area contributed by atoms with Crippen LogP contribution in [0, 0.1) is 5.82 Å². The molecule has 144 valence electrons.